The first-order valence-corrected chi connectivity index (χ1v) is 11.9. The van der Waals surface area contributed by atoms with E-state index in [4.69, 9.17) is 16.3 Å². The molecule has 1 amide bonds. The molecule has 0 atom stereocenters. The Hall–Kier alpha value is -2.87. The van der Waals surface area contributed by atoms with Crippen LogP contribution in [0.15, 0.2) is 71.6 Å². The fourth-order valence-corrected chi connectivity index (χ4v) is 4.37. The molecule has 8 heteroatoms. The lowest BCUT2D eigenvalue weighted by Gasteiger charge is -2.20. The molecule has 3 aromatic carbocycles. The zero-order valence-corrected chi connectivity index (χ0v) is 19.7. The number of nitrogens with one attached hydrogen (secondary N) is 1. The number of nitrogens with zero attached hydrogens (tertiary/aromatic N) is 1. The van der Waals surface area contributed by atoms with Crippen LogP contribution >= 0.6 is 11.6 Å². The first kappa shape index (κ1) is 23.8. The van der Waals surface area contributed by atoms with Crippen molar-refractivity contribution >= 4 is 33.2 Å². The zero-order chi connectivity index (χ0) is 23.3. The van der Waals surface area contributed by atoms with Gasteiger partial charge >= 0.3 is 0 Å². The smallest absolute Gasteiger partial charge is 0.255 e. The van der Waals surface area contributed by atoms with Gasteiger partial charge in [0.2, 0.25) is 10.0 Å². The molecule has 3 aromatic rings. The highest BCUT2D eigenvalue weighted by Crippen LogP contribution is 2.26. The highest BCUT2D eigenvalue weighted by Gasteiger charge is 2.23. The van der Waals surface area contributed by atoms with Crippen LogP contribution < -0.4 is 10.1 Å². The van der Waals surface area contributed by atoms with E-state index in [0.29, 0.717) is 34.2 Å². The molecule has 168 valence electrons. The Morgan fingerprint density at radius 1 is 1.03 bits per heavy atom. The number of carbonyl (C=O) groups is 1. The zero-order valence-electron chi connectivity index (χ0n) is 18.1. The van der Waals surface area contributed by atoms with Crippen molar-refractivity contribution in [3.8, 4) is 5.75 Å². The number of sulfonamides is 1. The maximum atomic E-state index is 13.0. The van der Waals surface area contributed by atoms with Crippen LogP contribution in [-0.4, -0.2) is 32.3 Å². The largest absolute Gasteiger partial charge is 0.494 e. The Balaban J connectivity index is 1.86. The summed E-state index contributed by atoms with van der Waals surface area (Å²) in [4.78, 5) is 12.9. The van der Waals surface area contributed by atoms with E-state index in [1.54, 1.807) is 18.2 Å². The molecule has 6 nitrogen and oxygen atoms in total. The average Bonchev–Trinajstić information content (AvgIpc) is 2.77. The molecule has 0 aliphatic rings. The molecule has 32 heavy (non-hydrogen) atoms. The molecule has 0 heterocycles. The standard InChI is InChI=1S/C24H25ClN2O4S/c1-4-31-23-14-7-18(24(28)26-21-10-5-17(2)6-11-21)15-19(23)16-27(3)32(29,30)22-12-8-20(25)9-13-22/h5-15H,4,16H2,1-3H3,(H,26,28). The Labute approximate surface area is 193 Å². The molecule has 0 aliphatic carbocycles. The summed E-state index contributed by atoms with van der Waals surface area (Å²) < 4.78 is 32.8. The van der Waals surface area contributed by atoms with E-state index in [-0.39, 0.29) is 17.3 Å². The Morgan fingerprint density at radius 2 is 1.69 bits per heavy atom. The predicted molar refractivity (Wildman–Crippen MR) is 127 cm³/mol. The summed E-state index contributed by atoms with van der Waals surface area (Å²) >= 11 is 5.88. The van der Waals surface area contributed by atoms with Gasteiger partial charge in [-0.3, -0.25) is 4.79 Å². The molecular weight excluding hydrogens is 448 g/mol. The molecule has 0 saturated carbocycles. The third-order valence-electron chi connectivity index (χ3n) is 4.85. The van der Waals surface area contributed by atoms with Crippen LogP contribution in [0.25, 0.3) is 0 Å². The number of rotatable bonds is 8. The molecule has 0 saturated heterocycles. The average molecular weight is 473 g/mol. The second kappa shape index (κ2) is 10.2. The monoisotopic (exact) mass is 472 g/mol. The number of benzene rings is 3. The first-order valence-electron chi connectivity index (χ1n) is 10.1. The second-order valence-corrected chi connectivity index (χ2v) is 9.77. The molecule has 0 unspecified atom stereocenters. The van der Waals surface area contributed by atoms with Crippen LogP contribution in [-0.2, 0) is 16.6 Å². The second-order valence-electron chi connectivity index (χ2n) is 7.29. The molecule has 3 rings (SSSR count). The maximum absolute atomic E-state index is 13.0. The minimum Gasteiger partial charge on any atom is -0.494 e. The lowest BCUT2D eigenvalue weighted by Crippen LogP contribution is -2.27. The van der Waals surface area contributed by atoms with E-state index in [1.807, 2.05) is 38.1 Å². The van der Waals surface area contributed by atoms with Gasteiger partial charge in [-0.05, 0) is 68.4 Å². The van der Waals surface area contributed by atoms with E-state index in [9.17, 15) is 13.2 Å². The van der Waals surface area contributed by atoms with Crippen LogP contribution in [0.1, 0.15) is 28.4 Å². The van der Waals surface area contributed by atoms with Crippen LogP contribution in [0.4, 0.5) is 5.69 Å². The fraction of sp³-hybridized carbons (Fsp3) is 0.208. The fourth-order valence-electron chi connectivity index (χ4n) is 3.09. The number of carbonyl (C=O) groups excluding carboxylic acids is 1. The van der Waals surface area contributed by atoms with Crippen molar-refractivity contribution in [2.75, 3.05) is 19.0 Å². The van der Waals surface area contributed by atoms with Gasteiger partial charge in [-0.1, -0.05) is 29.3 Å². The van der Waals surface area contributed by atoms with Crippen molar-refractivity contribution in [1.82, 2.24) is 4.31 Å². The van der Waals surface area contributed by atoms with Crippen molar-refractivity contribution in [3.05, 3.63) is 88.4 Å². The van der Waals surface area contributed by atoms with E-state index >= 15 is 0 Å². The molecule has 0 fully saturated rings. The van der Waals surface area contributed by atoms with Crippen molar-refractivity contribution in [1.29, 1.82) is 0 Å². The molecule has 0 radical (unpaired) electrons. The molecule has 0 bridgehead atoms. The number of amides is 1. The van der Waals surface area contributed by atoms with Crippen molar-refractivity contribution < 1.29 is 17.9 Å². The van der Waals surface area contributed by atoms with Gasteiger partial charge in [0.1, 0.15) is 5.75 Å². The highest BCUT2D eigenvalue weighted by molar-refractivity contribution is 7.89. The van der Waals surface area contributed by atoms with Gasteiger partial charge < -0.3 is 10.1 Å². The van der Waals surface area contributed by atoms with Gasteiger partial charge in [0.15, 0.2) is 0 Å². The first-order chi connectivity index (χ1) is 15.2. The Morgan fingerprint density at radius 3 is 2.31 bits per heavy atom. The van der Waals surface area contributed by atoms with Crippen LogP contribution in [0, 0.1) is 6.92 Å². The topological polar surface area (TPSA) is 75.7 Å². The van der Waals surface area contributed by atoms with Gasteiger partial charge in [-0.2, -0.15) is 4.31 Å². The summed E-state index contributed by atoms with van der Waals surface area (Å²) in [5.41, 5.74) is 2.76. The van der Waals surface area contributed by atoms with Gasteiger partial charge in [0.25, 0.3) is 5.91 Å². The third-order valence-corrected chi connectivity index (χ3v) is 6.92. The summed E-state index contributed by atoms with van der Waals surface area (Å²) in [5.74, 6) is 0.235. The van der Waals surface area contributed by atoms with Crippen molar-refractivity contribution in [2.24, 2.45) is 0 Å². The lowest BCUT2D eigenvalue weighted by atomic mass is 10.1. The summed E-state index contributed by atoms with van der Waals surface area (Å²) in [6, 6.07) is 18.5. The van der Waals surface area contributed by atoms with Crippen molar-refractivity contribution in [2.45, 2.75) is 25.3 Å². The van der Waals surface area contributed by atoms with E-state index in [0.717, 1.165) is 5.56 Å². The number of hydrogen-bond acceptors (Lipinski definition) is 4. The van der Waals surface area contributed by atoms with E-state index in [1.165, 1.54) is 35.6 Å². The van der Waals surface area contributed by atoms with Gasteiger partial charge in [-0.15, -0.1) is 0 Å². The predicted octanol–water partition coefficient (Wildman–Crippen LogP) is 5.12. The number of aryl methyl sites for hydroxylation is 1. The summed E-state index contributed by atoms with van der Waals surface area (Å²) in [5, 5.41) is 3.31. The molecular formula is C24H25ClN2O4S. The quantitative estimate of drug-likeness (QED) is 0.493. The maximum Gasteiger partial charge on any atom is 0.255 e. The number of ether oxygens (including phenoxy) is 1. The Kier molecular flexibility index (Phi) is 7.56. The highest BCUT2D eigenvalue weighted by atomic mass is 35.5. The molecule has 0 aliphatic heterocycles. The SMILES string of the molecule is CCOc1ccc(C(=O)Nc2ccc(C)cc2)cc1CN(C)S(=O)(=O)c1ccc(Cl)cc1. The number of hydrogen-bond donors (Lipinski definition) is 1. The molecule has 0 spiro atoms. The minimum atomic E-state index is -3.75. The van der Waals surface area contributed by atoms with Crippen LogP contribution in [0.3, 0.4) is 0 Å². The number of anilines is 1. The molecule has 1 N–H and O–H groups in total. The lowest BCUT2D eigenvalue weighted by molar-refractivity contribution is 0.102. The van der Waals surface area contributed by atoms with E-state index < -0.39 is 10.0 Å². The number of halogens is 1. The summed E-state index contributed by atoms with van der Waals surface area (Å²) in [7, 11) is -2.27. The minimum absolute atomic E-state index is 0.0337. The van der Waals surface area contributed by atoms with Crippen LogP contribution in [0.2, 0.25) is 5.02 Å². The van der Waals surface area contributed by atoms with Crippen LogP contribution in [0.5, 0.6) is 5.75 Å². The van der Waals surface area contributed by atoms with Crippen molar-refractivity contribution in [3.63, 3.8) is 0 Å². The molecule has 0 aromatic heterocycles. The van der Waals surface area contributed by atoms with Gasteiger partial charge in [0.05, 0.1) is 11.5 Å². The van der Waals surface area contributed by atoms with Gasteiger partial charge in [0, 0.05) is 35.4 Å². The normalized spacial score (nSPS) is 11.4. The van der Waals surface area contributed by atoms with Gasteiger partial charge in [-0.25, -0.2) is 8.42 Å². The third kappa shape index (κ3) is 5.68. The Bertz CT molecular complexity index is 1190. The summed E-state index contributed by atoms with van der Waals surface area (Å²) in [6.07, 6.45) is 0. The summed E-state index contributed by atoms with van der Waals surface area (Å²) in [6.45, 7) is 4.26. The van der Waals surface area contributed by atoms with E-state index in [2.05, 4.69) is 5.32 Å².